The number of hydrogen-bond donors (Lipinski definition) is 1. The van der Waals surface area contributed by atoms with E-state index in [4.69, 9.17) is 21.8 Å². The number of rotatable bonds is 4. The third-order valence-electron chi connectivity index (χ3n) is 2.52. The van der Waals surface area contributed by atoms with E-state index in [0.717, 1.165) is 9.77 Å². The lowest BCUT2D eigenvalue weighted by Crippen LogP contribution is -1.89. The first kappa shape index (κ1) is 13.5. The zero-order valence-corrected chi connectivity index (χ0v) is 12.6. The molecule has 2 heterocycles. The first-order valence-corrected chi connectivity index (χ1v) is 8.01. The fraction of sp³-hybridized carbons (Fsp3) is 0.0769. The largest absolute Gasteiger partial charge is 0.419 e. The minimum Gasteiger partial charge on any atom is -0.419 e. The molecule has 3 aromatic rings. The summed E-state index contributed by atoms with van der Waals surface area (Å²) in [6.07, 6.45) is 0. The van der Waals surface area contributed by atoms with Gasteiger partial charge in [-0.1, -0.05) is 17.7 Å². The van der Waals surface area contributed by atoms with E-state index in [-0.39, 0.29) is 0 Å². The summed E-state index contributed by atoms with van der Waals surface area (Å²) in [7, 11) is 0. The quantitative estimate of drug-likeness (QED) is 0.572. The molecule has 2 N–H and O–H groups in total. The van der Waals surface area contributed by atoms with E-state index in [9.17, 15) is 0 Å². The van der Waals surface area contributed by atoms with E-state index in [1.165, 1.54) is 0 Å². The number of hydrogen-bond acceptors (Lipinski definition) is 6. The Labute approximate surface area is 129 Å². The molecule has 0 spiro atoms. The van der Waals surface area contributed by atoms with Gasteiger partial charge in [0.05, 0.1) is 10.6 Å². The number of benzene rings is 1. The van der Waals surface area contributed by atoms with E-state index in [1.807, 2.05) is 29.6 Å². The molecule has 0 fully saturated rings. The fourth-order valence-electron chi connectivity index (χ4n) is 1.60. The van der Waals surface area contributed by atoms with Crippen molar-refractivity contribution in [1.29, 1.82) is 0 Å². The molecule has 4 nitrogen and oxygen atoms in total. The molecular formula is C13H10ClN3OS2. The summed E-state index contributed by atoms with van der Waals surface area (Å²) in [6.45, 7) is 0. The van der Waals surface area contributed by atoms with Crippen LogP contribution in [0.3, 0.4) is 0 Å². The molecule has 3 rings (SSSR count). The van der Waals surface area contributed by atoms with Gasteiger partial charge in [0.25, 0.3) is 5.89 Å². The second-order valence-corrected chi connectivity index (χ2v) is 6.35. The molecule has 7 heteroatoms. The van der Waals surface area contributed by atoms with Crippen molar-refractivity contribution in [2.75, 3.05) is 5.73 Å². The number of nitrogen functional groups attached to an aromatic ring is 1. The first-order valence-electron chi connectivity index (χ1n) is 5.76. The monoisotopic (exact) mass is 323 g/mol. The number of thiophene rings is 1. The Morgan fingerprint density at radius 1 is 1.30 bits per heavy atom. The molecule has 0 atom stereocenters. The molecule has 0 aliphatic carbocycles. The van der Waals surface area contributed by atoms with Crippen molar-refractivity contribution in [1.82, 2.24) is 10.2 Å². The van der Waals surface area contributed by atoms with Gasteiger partial charge in [-0.25, -0.2) is 0 Å². The molecule has 0 saturated carbocycles. The van der Waals surface area contributed by atoms with Crippen molar-refractivity contribution in [3.63, 3.8) is 0 Å². The van der Waals surface area contributed by atoms with Crippen LogP contribution in [0.4, 0.5) is 5.69 Å². The maximum atomic E-state index is 5.90. The number of nitrogens with two attached hydrogens (primary N) is 1. The van der Waals surface area contributed by atoms with Crippen LogP contribution in [0.15, 0.2) is 45.0 Å². The van der Waals surface area contributed by atoms with Crippen molar-refractivity contribution in [3.05, 3.63) is 46.6 Å². The molecular weight excluding hydrogens is 314 g/mol. The van der Waals surface area contributed by atoms with Crippen LogP contribution in [0, 0.1) is 0 Å². The number of anilines is 1. The Bertz CT molecular complexity index is 712. The van der Waals surface area contributed by atoms with Crippen molar-refractivity contribution in [2.45, 2.75) is 10.6 Å². The lowest BCUT2D eigenvalue weighted by atomic mass is 10.3. The molecule has 0 aliphatic heterocycles. The van der Waals surface area contributed by atoms with Gasteiger partial charge in [-0.15, -0.1) is 33.3 Å². The Morgan fingerprint density at radius 3 is 2.95 bits per heavy atom. The van der Waals surface area contributed by atoms with Crippen LogP contribution >= 0.6 is 34.7 Å². The van der Waals surface area contributed by atoms with Crippen molar-refractivity contribution in [3.8, 4) is 10.8 Å². The standard InChI is InChI=1S/C13H10ClN3OS2/c14-8-3-4-10(9(15)6-8)20-7-12-16-17-13(18-12)11-2-1-5-19-11/h1-6H,7,15H2. The van der Waals surface area contributed by atoms with Gasteiger partial charge in [-0.2, -0.15) is 0 Å². The predicted octanol–water partition coefficient (Wildman–Crippen LogP) is 4.33. The van der Waals surface area contributed by atoms with E-state index < -0.39 is 0 Å². The van der Waals surface area contributed by atoms with Crippen LogP contribution in [0.25, 0.3) is 10.8 Å². The van der Waals surface area contributed by atoms with E-state index in [1.54, 1.807) is 29.2 Å². The third kappa shape index (κ3) is 2.98. The van der Waals surface area contributed by atoms with Gasteiger partial charge in [0.2, 0.25) is 5.89 Å². The molecule has 2 aromatic heterocycles. The van der Waals surface area contributed by atoms with Crippen LogP contribution in [0.2, 0.25) is 5.02 Å². The Balaban J connectivity index is 1.70. The van der Waals surface area contributed by atoms with Crippen LogP contribution in [0.5, 0.6) is 0 Å². The topological polar surface area (TPSA) is 64.9 Å². The summed E-state index contributed by atoms with van der Waals surface area (Å²) in [6, 6.07) is 9.33. The third-order valence-corrected chi connectivity index (χ3v) is 4.69. The minimum absolute atomic E-state index is 0.555. The van der Waals surface area contributed by atoms with Gasteiger partial charge in [0.1, 0.15) is 0 Å². The Morgan fingerprint density at radius 2 is 2.20 bits per heavy atom. The normalized spacial score (nSPS) is 10.8. The molecule has 0 unspecified atom stereocenters. The zero-order chi connectivity index (χ0) is 13.9. The van der Waals surface area contributed by atoms with Crippen molar-refractivity contribution in [2.24, 2.45) is 0 Å². The van der Waals surface area contributed by atoms with Gasteiger partial charge >= 0.3 is 0 Å². The number of thioether (sulfide) groups is 1. The summed E-state index contributed by atoms with van der Waals surface area (Å²) < 4.78 is 5.61. The predicted molar refractivity (Wildman–Crippen MR) is 83.0 cm³/mol. The van der Waals surface area contributed by atoms with Gasteiger partial charge in [0, 0.05) is 15.6 Å². The SMILES string of the molecule is Nc1cc(Cl)ccc1SCc1nnc(-c2cccs2)o1. The molecule has 0 aliphatic rings. The van der Waals surface area contributed by atoms with Gasteiger partial charge < -0.3 is 10.2 Å². The van der Waals surface area contributed by atoms with Crippen molar-refractivity contribution >= 4 is 40.4 Å². The highest BCUT2D eigenvalue weighted by Gasteiger charge is 2.10. The minimum atomic E-state index is 0.555. The second-order valence-electron chi connectivity index (χ2n) is 3.95. The highest BCUT2D eigenvalue weighted by Crippen LogP contribution is 2.31. The average molecular weight is 324 g/mol. The lowest BCUT2D eigenvalue weighted by molar-refractivity contribution is 0.529. The summed E-state index contributed by atoms with van der Waals surface area (Å²) >= 11 is 8.98. The number of halogens is 1. The van der Waals surface area contributed by atoms with Gasteiger partial charge in [-0.05, 0) is 29.6 Å². The average Bonchev–Trinajstić information content (AvgIpc) is 3.08. The number of aromatic nitrogens is 2. The van der Waals surface area contributed by atoms with Crippen LogP contribution in [-0.2, 0) is 5.75 Å². The van der Waals surface area contributed by atoms with E-state index in [0.29, 0.717) is 28.2 Å². The summed E-state index contributed by atoms with van der Waals surface area (Å²) in [4.78, 5) is 1.92. The summed E-state index contributed by atoms with van der Waals surface area (Å²) in [5.74, 6) is 1.71. The molecule has 1 aromatic carbocycles. The first-order chi connectivity index (χ1) is 9.72. The molecule has 20 heavy (non-hydrogen) atoms. The summed E-state index contributed by atoms with van der Waals surface area (Å²) in [5.41, 5.74) is 6.55. The maximum Gasteiger partial charge on any atom is 0.257 e. The zero-order valence-electron chi connectivity index (χ0n) is 10.2. The smallest absolute Gasteiger partial charge is 0.257 e. The summed E-state index contributed by atoms with van der Waals surface area (Å²) in [5, 5.41) is 10.7. The molecule has 0 bridgehead atoms. The maximum absolute atomic E-state index is 5.90. The van der Waals surface area contributed by atoms with E-state index in [2.05, 4.69) is 10.2 Å². The number of nitrogens with zero attached hydrogens (tertiary/aromatic N) is 2. The Kier molecular flexibility index (Phi) is 3.95. The Hall–Kier alpha value is -1.50. The molecule has 0 radical (unpaired) electrons. The van der Waals surface area contributed by atoms with Crippen LogP contribution < -0.4 is 5.73 Å². The highest BCUT2D eigenvalue weighted by atomic mass is 35.5. The van der Waals surface area contributed by atoms with Crippen molar-refractivity contribution < 1.29 is 4.42 Å². The van der Waals surface area contributed by atoms with Crippen LogP contribution in [0.1, 0.15) is 5.89 Å². The molecule has 102 valence electrons. The second kappa shape index (κ2) is 5.87. The van der Waals surface area contributed by atoms with E-state index >= 15 is 0 Å². The van der Waals surface area contributed by atoms with Gasteiger partial charge in [-0.3, -0.25) is 0 Å². The highest BCUT2D eigenvalue weighted by molar-refractivity contribution is 7.98. The fourth-order valence-corrected chi connectivity index (χ4v) is 3.21. The lowest BCUT2D eigenvalue weighted by Gasteiger charge is -2.03. The molecule has 0 saturated heterocycles. The van der Waals surface area contributed by atoms with Crippen LogP contribution in [-0.4, -0.2) is 10.2 Å². The van der Waals surface area contributed by atoms with Gasteiger partial charge in [0.15, 0.2) is 0 Å². The molecule has 0 amide bonds.